The quantitative estimate of drug-likeness (QED) is 0.321. The van der Waals surface area contributed by atoms with Gasteiger partial charge in [-0.15, -0.1) is 4.74 Å². The van der Waals surface area contributed by atoms with Crippen LogP contribution in [-0.4, -0.2) is 57.7 Å². The van der Waals surface area contributed by atoms with Gasteiger partial charge in [0.05, 0.1) is 6.54 Å². The van der Waals surface area contributed by atoms with Gasteiger partial charge in [-0.05, 0) is 111 Å². The highest BCUT2D eigenvalue weighted by atomic mass is 16.5. The minimum absolute atomic E-state index is 0.153. The third kappa shape index (κ3) is 6.26. The monoisotopic (exact) mass is 568 g/mol. The van der Waals surface area contributed by atoms with Crippen molar-refractivity contribution < 1.29 is 14.1 Å². The number of aryl methyl sites for hydroxylation is 1. The van der Waals surface area contributed by atoms with E-state index in [1.807, 2.05) is 48.5 Å². The third-order valence-corrected chi connectivity index (χ3v) is 8.25. The smallest absolute Gasteiger partial charge is 0.440 e. The molecule has 9 heteroatoms. The van der Waals surface area contributed by atoms with E-state index in [0.717, 1.165) is 76.9 Å². The van der Waals surface area contributed by atoms with E-state index in [-0.39, 0.29) is 12.5 Å². The standard InChI is InChI=1S/C33H36N4O5/c1-22-18-26(31(38)37(27-9-10-27)28-14-16-35(2)17-15-28)8-13-30(22)25-5-3-4-24(19-25)21-41-29-11-6-23(7-12-29)20-36-32(39)34-33(40)42-36/h3-8,11-13,18-19,27-28H,9-10,14-17,20-21H2,1-2H3,(H,34,39,40). The molecule has 1 aromatic heterocycles. The van der Waals surface area contributed by atoms with E-state index >= 15 is 0 Å². The first-order valence-corrected chi connectivity index (χ1v) is 14.6. The molecule has 6 rings (SSSR count). The number of H-pyrrole nitrogens is 1. The Kier molecular flexibility index (Phi) is 7.84. The second-order valence-corrected chi connectivity index (χ2v) is 11.5. The summed E-state index contributed by atoms with van der Waals surface area (Å²) in [5.74, 6) is 0.0838. The number of carbonyl (C=O) groups is 1. The molecule has 1 aliphatic heterocycles. The summed E-state index contributed by atoms with van der Waals surface area (Å²) < 4.78 is 11.8. The molecular formula is C33H36N4O5. The van der Waals surface area contributed by atoms with E-state index < -0.39 is 11.4 Å². The van der Waals surface area contributed by atoms with Crippen molar-refractivity contribution in [2.75, 3.05) is 20.1 Å². The van der Waals surface area contributed by atoms with E-state index in [1.54, 1.807) is 0 Å². The summed E-state index contributed by atoms with van der Waals surface area (Å²) in [5.41, 5.74) is 5.28. The number of benzene rings is 3. The van der Waals surface area contributed by atoms with Crippen molar-refractivity contribution in [1.29, 1.82) is 0 Å². The minimum Gasteiger partial charge on any atom is -0.489 e. The van der Waals surface area contributed by atoms with Crippen LogP contribution in [0.3, 0.4) is 0 Å². The molecule has 4 aromatic rings. The van der Waals surface area contributed by atoms with Gasteiger partial charge in [-0.1, -0.05) is 36.4 Å². The number of aromatic amines is 1. The average Bonchev–Trinajstić information content (AvgIpc) is 3.77. The fourth-order valence-electron chi connectivity index (χ4n) is 5.80. The van der Waals surface area contributed by atoms with Crippen molar-refractivity contribution in [1.82, 2.24) is 19.5 Å². The third-order valence-electron chi connectivity index (χ3n) is 8.25. The van der Waals surface area contributed by atoms with Crippen LogP contribution in [-0.2, 0) is 13.2 Å². The van der Waals surface area contributed by atoms with Crippen LogP contribution in [0.1, 0.15) is 52.7 Å². The zero-order valence-electron chi connectivity index (χ0n) is 24.0. The lowest BCUT2D eigenvalue weighted by atomic mass is 9.96. The van der Waals surface area contributed by atoms with E-state index in [9.17, 15) is 14.4 Å². The van der Waals surface area contributed by atoms with Gasteiger partial charge in [-0.2, -0.15) is 0 Å². The molecule has 2 heterocycles. The molecule has 2 fully saturated rings. The van der Waals surface area contributed by atoms with Gasteiger partial charge in [-0.3, -0.25) is 4.79 Å². The number of hydrogen-bond donors (Lipinski definition) is 1. The van der Waals surface area contributed by atoms with Crippen LogP contribution in [0.5, 0.6) is 5.75 Å². The van der Waals surface area contributed by atoms with Crippen molar-refractivity contribution in [2.24, 2.45) is 0 Å². The first-order valence-electron chi connectivity index (χ1n) is 14.6. The Hall–Kier alpha value is -4.37. The van der Waals surface area contributed by atoms with Crippen molar-refractivity contribution in [3.8, 4) is 16.9 Å². The molecule has 1 saturated heterocycles. The molecule has 1 saturated carbocycles. The Labute approximate surface area is 244 Å². The number of piperidine rings is 1. The fraction of sp³-hybridized carbons (Fsp3) is 0.364. The second kappa shape index (κ2) is 11.9. The normalized spacial score (nSPS) is 16.0. The Morgan fingerprint density at radius 3 is 2.36 bits per heavy atom. The van der Waals surface area contributed by atoms with Gasteiger partial charge in [0.25, 0.3) is 5.91 Å². The highest BCUT2D eigenvalue weighted by molar-refractivity contribution is 5.95. The minimum atomic E-state index is -0.773. The summed E-state index contributed by atoms with van der Waals surface area (Å²) >= 11 is 0. The van der Waals surface area contributed by atoms with Crippen molar-refractivity contribution in [3.63, 3.8) is 0 Å². The summed E-state index contributed by atoms with van der Waals surface area (Å²) in [6, 6.07) is 22.4. The van der Waals surface area contributed by atoms with Gasteiger partial charge in [0.1, 0.15) is 12.4 Å². The van der Waals surface area contributed by atoms with Gasteiger partial charge in [0, 0.05) is 17.6 Å². The number of nitrogens with one attached hydrogen (secondary N) is 1. The van der Waals surface area contributed by atoms with E-state index in [4.69, 9.17) is 9.26 Å². The molecule has 218 valence electrons. The number of hydrogen-bond acceptors (Lipinski definition) is 6. The zero-order chi connectivity index (χ0) is 29.2. The maximum absolute atomic E-state index is 13.7. The molecule has 0 radical (unpaired) electrons. The molecule has 0 unspecified atom stereocenters. The van der Waals surface area contributed by atoms with Crippen LogP contribution in [0.15, 0.2) is 80.8 Å². The summed E-state index contributed by atoms with van der Waals surface area (Å²) in [7, 11) is 2.15. The van der Waals surface area contributed by atoms with Gasteiger partial charge in [-0.25, -0.2) is 14.6 Å². The molecule has 2 aliphatic rings. The number of carbonyl (C=O) groups excluding carboxylic acids is 1. The summed E-state index contributed by atoms with van der Waals surface area (Å²) in [5, 5.41) is 0. The van der Waals surface area contributed by atoms with Crippen LogP contribution in [0.2, 0.25) is 0 Å². The lowest BCUT2D eigenvalue weighted by Crippen LogP contribution is -2.47. The maximum Gasteiger partial charge on any atom is 0.440 e. The van der Waals surface area contributed by atoms with Crippen molar-refractivity contribution in [2.45, 2.75) is 57.8 Å². The number of likely N-dealkylation sites (tertiary alicyclic amines) is 1. The van der Waals surface area contributed by atoms with Gasteiger partial charge in [0.15, 0.2) is 0 Å². The van der Waals surface area contributed by atoms with Gasteiger partial charge >= 0.3 is 11.4 Å². The predicted octanol–water partition coefficient (Wildman–Crippen LogP) is 4.43. The Morgan fingerprint density at radius 2 is 1.69 bits per heavy atom. The highest BCUT2D eigenvalue weighted by Gasteiger charge is 2.38. The maximum atomic E-state index is 13.7. The average molecular weight is 569 g/mol. The Bertz CT molecular complexity index is 1670. The predicted molar refractivity (Wildman–Crippen MR) is 160 cm³/mol. The van der Waals surface area contributed by atoms with Crippen LogP contribution in [0.25, 0.3) is 11.1 Å². The molecule has 9 nitrogen and oxygen atoms in total. The van der Waals surface area contributed by atoms with Crippen molar-refractivity contribution >= 4 is 5.91 Å². The number of amides is 1. The largest absolute Gasteiger partial charge is 0.489 e. The van der Waals surface area contributed by atoms with E-state index in [2.05, 4.69) is 47.0 Å². The van der Waals surface area contributed by atoms with Gasteiger partial charge < -0.3 is 19.1 Å². The van der Waals surface area contributed by atoms with Crippen molar-refractivity contribution in [3.05, 3.63) is 110 Å². The van der Waals surface area contributed by atoms with E-state index in [0.29, 0.717) is 24.4 Å². The molecule has 1 N–H and O–H groups in total. The molecule has 0 bridgehead atoms. The van der Waals surface area contributed by atoms with Crippen LogP contribution < -0.4 is 16.2 Å². The molecule has 1 aliphatic carbocycles. The Balaban J connectivity index is 1.11. The van der Waals surface area contributed by atoms with Crippen LogP contribution in [0, 0.1) is 6.92 Å². The molecule has 1 amide bonds. The molecular weight excluding hydrogens is 532 g/mol. The van der Waals surface area contributed by atoms with Gasteiger partial charge in [0.2, 0.25) is 0 Å². The van der Waals surface area contributed by atoms with Crippen LogP contribution in [0.4, 0.5) is 0 Å². The number of ether oxygens (including phenoxy) is 1. The number of nitrogens with zero attached hydrogens (tertiary/aromatic N) is 3. The lowest BCUT2D eigenvalue weighted by molar-refractivity contribution is 0.0569. The first-order chi connectivity index (χ1) is 20.3. The summed E-state index contributed by atoms with van der Waals surface area (Å²) in [6.07, 6.45) is 4.32. The zero-order valence-corrected chi connectivity index (χ0v) is 24.0. The van der Waals surface area contributed by atoms with E-state index in [1.165, 1.54) is 0 Å². The fourth-order valence-corrected chi connectivity index (χ4v) is 5.80. The number of rotatable bonds is 9. The topological polar surface area (TPSA) is 101 Å². The molecule has 0 atom stereocenters. The summed E-state index contributed by atoms with van der Waals surface area (Å²) in [6.45, 7) is 4.70. The molecule has 0 spiro atoms. The molecule has 42 heavy (non-hydrogen) atoms. The first kappa shape index (κ1) is 27.8. The highest BCUT2D eigenvalue weighted by Crippen LogP contribution is 2.34. The lowest BCUT2D eigenvalue weighted by Gasteiger charge is -2.37. The second-order valence-electron chi connectivity index (χ2n) is 11.5. The molecule has 3 aromatic carbocycles. The van der Waals surface area contributed by atoms with Crippen LogP contribution >= 0.6 is 0 Å². The SMILES string of the molecule is Cc1cc(C(=O)N(C2CC2)C2CCN(C)CC2)ccc1-c1cccc(COc2ccc(Cn3oc(=O)[nH]c3=O)cc2)c1. The Morgan fingerprint density at radius 1 is 0.952 bits per heavy atom. The summed E-state index contributed by atoms with van der Waals surface area (Å²) in [4.78, 5) is 43.1. The number of aromatic nitrogens is 2.